The average molecular weight is 379 g/mol. The van der Waals surface area contributed by atoms with E-state index >= 15 is 0 Å². The first-order chi connectivity index (χ1) is 9.83. The van der Waals surface area contributed by atoms with Crippen LogP contribution in [0.1, 0.15) is 17.3 Å². The van der Waals surface area contributed by atoms with Crippen molar-refractivity contribution in [2.45, 2.75) is 24.9 Å². The van der Waals surface area contributed by atoms with Crippen molar-refractivity contribution in [3.05, 3.63) is 39.7 Å². The lowest BCUT2D eigenvalue weighted by Crippen LogP contribution is -2.25. The number of nitrogens with one attached hydrogen (secondary N) is 1. The number of nitrogens with zero attached hydrogens (tertiary/aromatic N) is 2. The van der Waals surface area contributed by atoms with Crippen LogP contribution in [0, 0.1) is 12.7 Å². The van der Waals surface area contributed by atoms with Crippen LogP contribution in [0.4, 0.5) is 4.39 Å². The van der Waals surface area contributed by atoms with Crippen molar-refractivity contribution >= 4 is 26.0 Å². The van der Waals surface area contributed by atoms with Gasteiger partial charge in [-0.15, -0.1) is 0 Å². The quantitative estimate of drug-likeness (QED) is 0.808. The average Bonchev–Trinajstić information content (AvgIpc) is 2.84. The maximum atomic E-state index is 14.1. The van der Waals surface area contributed by atoms with Gasteiger partial charge in [-0.1, -0.05) is 21.1 Å². The normalized spacial score (nSPS) is 11.8. The molecule has 3 N–H and O–H groups in total. The molecule has 2 aromatic rings. The lowest BCUT2D eigenvalue weighted by Gasteiger charge is -2.09. The fraction of sp³-hybridized carbons (Fsp3) is 0.273. The van der Waals surface area contributed by atoms with Crippen LogP contribution in [0.25, 0.3) is 0 Å². The Morgan fingerprint density at radius 3 is 2.76 bits per heavy atom. The molecule has 21 heavy (non-hydrogen) atoms. The molecule has 0 aliphatic heterocycles. The first-order valence-corrected chi connectivity index (χ1v) is 8.08. The topological polar surface area (TPSA) is 111 Å². The molecule has 0 spiro atoms. The molecule has 7 nitrogen and oxygen atoms in total. The lowest BCUT2D eigenvalue weighted by atomic mass is 10.2. The van der Waals surface area contributed by atoms with E-state index in [4.69, 9.17) is 10.3 Å². The van der Waals surface area contributed by atoms with Crippen molar-refractivity contribution in [3.8, 4) is 0 Å². The van der Waals surface area contributed by atoms with E-state index in [-0.39, 0.29) is 24.5 Å². The van der Waals surface area contributed by atoms with Gasteiger partial charge in [0.1, 0.15) is 10.7 Å². The summed E-state index contributed by atoms with van der Waals surface area (Å²) in [6.07, 6.45) is 0. The number of rotatable bonds is 5. The van der Waals surface area contributed by atoms with Crippen molar-refractivity contribution in [1.29, 1.82) is 0 Å². The summed E-state index contributed by atoms with van der Waals surface area (Å²) in [5.74, 6) is -0.411. The minimum Gasteiger partial charge on any atom is -0.340 e. The van der Waals surface area contributed by atoms with Crippen LogP contribution in [-0.4, -0.2) is 18.6 Å². The molecule has 0 fully saturated rings. The van der Waals surface area contributed by atoms with Crippen molar-refractivity contribution in [3.63, 3.8) is 0 Å². The molecule has 0 bridgehead atoms. The van der Waals surface area contributed by atoms with E-state index in [1.807, 2.05) is 0 Å². The minimum absolute atomic E-state index is 0.0974. The molecule has 10 heteroatoms. The largest absolute Gasteiger partial charge is 0.340 e. The summed E-state index contributed by atoms with van der Waals surface area (Å²) in [6, 6.07) is 2.59. The van der Waals surface area contributed by atoms with Gasteiger partial charge in [-0.05, 0) is 12.1 Å². The van der Waals surface area contributed by atoms with Gasteiger partial charge in [-0.2, -0.15) is 4.98 Å². The Labute approximate surface area is 128 Å². The molecule has 0 aliphatic carbocycles. The zero-order valence-electron chi connectivity index (χ0n) is 10.9. The summed E-state index contributed by atoms with van der Waals surface area (Å²) in [6.45, 7) is 1.26. The summed E-state index contributed by atoms with van der Waals surface area (Å²) >= 11 is 3.13. The number of nitrogens with two attached hydrogens (primary N) is 1. The third-order valence-corrected chi connectivity index (χ3v) is 4.44. The monoisotopic (exact) mass is 378 g/mol. The SMILES string of the molecule is Cc1nc(CNS(=O)(=O)c2cc(Br)cc(CN)c2F)no1. The van der Waals surface area contributed by atoms with E-state index in [0.29, 0.717) is 10.4 Å². The molecule has 0 saturated carbocycles. The van der Waals surface area contributed by atoms with E-state index in [1.54, 1.807) is 6.92 Å². The highest BCUT2D eigenvalue weighted by Crippen LogP contribution is 2.24. The zero-order valence-corrected chi connectivity index (χ0v) is 13.3. The maximum absolute atomic E-state index is 14.1. The molecule has 1 heterocycles. The second kappa shape index (κ2) is 6.18. The number of sulfonamides is 1. The van der Waals surface area contributed by atoms with Crippen molar-refractivity contribution < 1.29 is 17.3 Å². The van der Waals surface area contributed by atoms with Crippen molar-refractivity contribution in [1.82, 2.24) is 14.9 Å². The van der Waals surface area contributed by atoms with Crippen LogP contribution in [0.5, 0.6) is 0 Å². The van der Waals surface area contributed by atoms with Crippen molar-refractivity contribution in [2.24, 2.45) is 5.73 Å². The van der Waals surface area contributed by atoms with Gasteiger partial charge in [0.15, 0.2) is 5.82 Å². The van der Waals surface area contributed by atoms with Gasteiger partial charge in [0.05, 0.1) is 6.54 Å². The smallest absolute Gasteiger partial charge is 0.243 e. The molecular weight excluding hydrogens is 367 g/mol. The number of aromatic nitrogens is 2. The number of hydrogen-bond acceptors (Lipinski definition) is 6. The zero-order chi connectivity index (χ0) is 15.6. The standard InChI is InChI=1S/C11H12BrFN4O3S/c1-6-16-10(17-20-6)5-15-21(18,19)9-3-8(12)2-7(4-14)11(9)13/h2-3,15H,4-5,14H2,1H3. The number of halogens is 2. The van der Waals surface area contributed by atoms with Crippen LogP contribution in [-0.2, 0) is 23.1 Å². The molecule has 0 radical (unpaired) electrons. The molecule has 0 unspecified atom stereocenters. The first-order valence-electron chi connectivity index (χ1n) is 5.80. The molecule has 0 atom stereocenters. The fourth-order valence-electron chi connectivity index (χ4n) is 1.61. The van der Waals surface area contributed by atoms with Gasteiger partial charge in [0, 0.05) is 23.5 Å². The highest BCUT2D eigenvalue weighted by Gasteiger charge is 2.22. The van der Waals surface area contributed by atoms with Gasteiger partial charge in [-0.3, -0.25) is 0 Å². The van der Waals surface area contributed by atoms with Crippen molar-refractivity contribution in [2.75, 3.05) is 0 Å². The molecular formula is C11H12BrFN4O3S. The predicted molar refractivity (Wildman–Crippen MR) is 75.1 cm³/mol. The van der Waals surface area contributed by atoms with E-state index in [9.17, 15) is 12.8 Å². The van der Waals surface area contributed by atoms with E-state index in [2.05, 4.69) is 30.8 Å². The first kappa shape index (κ1) is 16.0. The van der Waals surface area contributed by atoms with Gasteiger partial charge < -0.3 is 10.3 Å². The van der Waals surface area contributed by atoms with Crippen LogP contribution >= 0.6 is 15.9 Å². The van der Waals surface area contributed by atoms with Crippen LogP contribution in [0.2, 0.25) is 0 Å². The summed E-state index contributed by atoms with van der Waals surface area (Å²) in [5.41, 5.74) is 5.49. The van der Waals surface area contributed by atoms with Gasteiger partial charge in [0.25, 0.3) is 0 Å². The summed E-state index contributed by atoms with van der Waals surface area (Å²) < 4.78 is 45.8. The Bertz CT molecular complexity index is 763. The molecule has 0 saturated heterocycles. The molecule has 1 aromatic carbocycles. The molecule has 0 amide bonds. The Morgan fingerprint density at radius 1 is 1.48 bits per heavy atom. The highest BCUT2D eigenvalue weighted by molar-refractivity contribution is 9.10. The summed E-state index contributed by atoms with van der Waals surface area (Å²) in [7, 11) is -4.07. The number of aryl methyl sites for hydroxylation is 1. The Morgan fingerprint density at radius 2 is 2.19 bits per heavy atom. The molecule has 1 aromatic heterocycles. The summed E-state index contributed by atoms with van der Waals surface area (Å²) in [5, 5.41) is 3.55. The second-order valence-corrected chi connectivity index (χ2v) is 6.79. The van der Waals surface area contributed by atoms with Crippen LogP contribution < -0.4 is 10.5 Å². The number of benzene rings is 1. The minimum atomic E-state index is -4.07. The van der Waals surface area contributed by atoms with Gasteiger partial charge in [-0.25, -0.2) is 17.5 Å². The molecule has 114 valence electrons. The van der Waals surface area contributed by atoms with E-state index < -0.39 is 20.7 Å². The second-order valence-electron chi connectivity index (χ2n) is 4.14. The fourth-order valence-corrected chi connectivity index (χ4v) is 3.39. The highest BCUT2D eigenvalue weighted by atomic mass is 79.9. The molecule has 2 rings (SSSR count). The third kappa shape index (κ3) is 3.64. The summed E-state index contributed by atoms with van der Waals surface area (Å²) in [4.78, 5) is 3.37. The van der Waals surface area contributed by atoms with Gasteiger partial charge in [0.2, 0.25) is 15.9 Å². The Hall–Kier alpha value is -1.36. The van der Waals surface area contributed by atoms with Gasteiger partial charge >= 0.3 is 0 Å². The number of hydrogen-bond donors (Lipinski definition) is 2. The molecule has 0 aliphatic rings. The van der Waals surface area contributed by atoms with E-state index in [1.165, 1.54) is 6.07 Å². The van der Waals surface area contributed by atoms with E-state index in [0.717, 1.165) is 6.07 Å². The Kier molecular flexibility index (Phi) is 4.71. The maximum Gasteiger partial charge on any atom is 0.243 e. The third-order valence-electron chi connectivity index (χ3n) is 2.58. The van der Waals surface area contributed by atoms with Crippen LogP contribution in [0.3, 0.4) is 0 Å². The lowest BCUT2D eigenvalue weighted by molar-refractivity contribution is 0.387. The predicted octanol–water partition coefficient (Wildman–Crippen LogP) is 1.22. The Balaban J connectivity index is 2.29. The van der Waals surface area contributed by atoms with Crippen LogP contribution in [0.15, 0.2) is 26.0 Å².